The highest BCUT2D eigenvalue weighted by molar-refractivity contribution is 6.18. The second kappa shape index (κ2) is 18.8. The van der Waals surface area contributed by atoms with Gasteiger partial charge in [-0.1, -0.05) is 26.0 Å². The number of anilines is 1. The number of alkyl halides is 2. The molecule has 2 atom stereocenters. The third-order valence-electron chi connectivity index (χ3n) is 4.80. The molecule has 0 aliphatic rings. The number of carbonyl (C=O) groups is 3. The van der Waals surface area contributed by atoms with E-state index in [1.165, 1.54) is 0 Å². The largest absolute Gasteiger partial charge is 0.464 e. The summed E-state index contributed by atoms with van der Waals surface area (Å²) < 4.78 is 5.10. The van der Waals surface area contributed by atoms with Gasteiger partial charge in [-0.2, -0.15) is 0 Å². The Hall–Kier alpha value is -1.45. The number of esters is 1. The number of ether oxygens (including phenoxy) is 1. The number of nitrogens with zero attached hydrogens (tertiary/aromatic N) is 1. The maximum Gasteiger partial charge on any atom is 0.328 e. The third-order valence-corrected chi connectivity index (χ3v) is 5.14. The first kappa shape index (κ1) is 34.7. The normalized spacial score (nSPS) is 12.0. The zero-order chi connectivity index (χ0) is 24.1. The number of nitrogens with one attached hydrogen (secondary N) is 2. The van der Waals surface area contributed by atoms with Crippen LogP contribution in [0.5, 0.6) is 0 Å². The van der Waals surface area contributed by atoms with Gasteiger partial charge in [0.2, 0.25) is 11.8 Å². The Morgan fingerprint density at radius 2 is 1.62 bits per heavy atom. The van der Waals surface area contributed by atoms with Crippen LogP contribution in [-0.2, 0) is 25.5 Å². The van der Waals surface area contributed by atoms with E-state index >= 15 is 0 Å². The Morgan fingerprint density at radius 1 is 1.06 bits per heavy atom. The molecule has 0 heterocycles. The molecule has 4 N–H and O–H groups in total. The van der Waals surface area contributed by atoms with Crippen LogP contribution in [0.25, 0.3) is 0 Å². The van der Waals surface area contributed by atoms with Gasteiger partial charge in [-0.25, -0.2) is 4.79 Å². The molecule has 0 aliphatic carbocycles. The molecular formula is C22H36Cl4N4O4. The quantitative estimate of drug-likeness (QED) is 0.237. The fourth-order valence-corrected chi connectivity index (χ4v) is 3.33. The Morgan fingerprint density at radius 3 is 2.09 bits per heavy atom. The molecule has 1 aromatic rings. The maximum absolute atomic E-state index is 12.4. The van der Waals surface area contributed by atoms with Crippen molar-refractivity contribution >= 4 is 71.5 Å². The van der Waals surface area contributed by atoms with E-state index in [4.69, 9.17) is 33.7 Å². The number of carbonyl (C=O) groups excluding carboxylic acids is 3. The zero-order valence-corrected chi connectivity index (χ0v) is 22.9. The predicted molar refractivity (Wildman–Crippen MR) is 143 cm³/mol. The van der Waals surface area contributed by atoms with Crippen LogP contribution in [0.4, 0.5) is 5.69 Å². The lowest BCUT2D eigenvalue weighted by Crippen LogP contribution is -2.50. The van der Waals surface area contributed by atoms with E-state index in [-0.39, 0.29) is 50.3 Å². The van der Waals surface area contributed by atoms with E-state index in [2.05, 4.69) is 15.5 Å². The lowest BCUT2D eigenvalue weighted by molar-refractivity contribution is -0.147. The molecule has 0 spiro atoms. The Labute approximate surface area is 224 Å². The fraction of sp³-hybridized carbons (Fsp3) is 0.591. The number of nitrogens with two attached hydrogens (primary N) is 1. The minimum Gasteiger partial charge on any atom is -0.464 e. The Bertz CT molecular complexity index is 732. The topological polar surface area (TPSA) is 114 Å². The van der Waals surface area contributed by atoms with Crippen molar-refractivity contribution < 1.29 is 19.1 Å². The molecule has 0 radical (unpaired) electrons. The van der Waals surface area contributed by atoms with Crippen LogP contribution in [0.3, 0.4) is 0 Å². The summed E-state index contributed by atoms with van der Waals surface area (Å²) in [4.78, 5) is 38.7. The van der Waals surface area contributed by atoms with E-state index in [9.17, 15) is 14.4 Å². The standard InChI is InChI=1S/C22H34Cl2N4O4.2ClH/c1-4-32-22(31)18(27-19(29)14-26-21(30)20(25)15(2)3)13-16-5-7-17(8-6-16)28(11-9-23)12-10-24;;/h5-8,15,18,20H,4,9-14,25H2,1-3H3,(H,26,30)(H,27,29);2*1H/t18-,20-;;/m0../s1. The monoisotopic (exact) mass is 560 g/mol. The average Bonchev–Trinajstić information content (AvgIpc) is 2.77. The van der Waals surface area contributed by atoms with Gasteiger partial charge in [0, 0.05) is 37.0 Å². The summed E-state index contributed by atoms with van der Waals surface area (Å²) in [5.74, 6) is -0.557. The molecule has 0 saturated heterocycles. The van der Waals surface area contributed by atoms with Crippen molar-refractivity contribution in [2.45, 2.75) is 39.3 Å². The summed E-state index contributed by atoms with van der Waals surface area (Å²) in [6.45, 7) is 6.58. The molecule has 1 rings (SSSR count). The highest BCUT2D eigenvalue weighted by Crippen LogP contribution is 2.17. The van der Waals surface area contributed by atoms with E-state index in [1.807, 2.05) is 38.1 Å². The summed E-state index contributed by atoms with van der Waals surface area (Å²) in [6, 6.07) is 6.02. The minimum atomic E-state index is -0.884. The van der Waals surface area contributed by atoms with Crippen LogP contribution < -0.4 is 21.3 Å². The fourth-order valence-electron chi connectivity index (χ4n) is 2.92. The molecule has 196 valence electrons. The van der Waals surface area contributed by atoms with Crippen LogP contribution >= 0.6 is 48.0 Å². The van der Waals surface area contributed by atoms with E-state index < -0.39 is 29.9 Å². The van der Waals surface area contributed by atoms with Gasteiger partial charge >= 0.3 is 5.97 Å². The Kier molecular flexibility index (Phi) is 19.2. The molecule has 0 fully saturated rings. The van der Waals surface area contributed by atoms with Gasteiger partial charge in [-0.05, 0) is 30.5 Å². The molecule has 8 nitrogen and oxygen atoms in total. The highest BCUT2D eigenvalue weighted by Gasteiger charge is 2.24. The van der Waals surface area contributed by atoms with Gasteiger partial charge in [0.1, 0.15) is 6.04 Å². The number of rotatable bonds is 14. The van der Waals surface area contributed by atoms with Crippen LogP contribution in [0.2, 0.25) is 0 Å². The molecule has 1 aromatic carbocycles. The van der Waals surface area contributed by atoms with Gasteiger partial charge in [0.05, 0.1) is 19.2 Å². The van der Waals surface area contributed by atoms with Crippen molar-refractivity contribution in [3.05, 3.63) is 29.8 Å². The van der Waals surface area contributed by atoms with Crippen molar-refractivity contribution in [1.82, 2.24) is 10.6 Å². The lowest BCUT2D eigenvalue weighted by Gasteiger charge is -2.23. The van der Waals surface area contributed by atoms with Crippen LogP contribution in [0.15, 0.2) is 24.3 Å². The molecule has 0 bridgehead atoms. The molecule has 0 unspecified atom stereocenters. The smallest absolute Gasteiger partial charge is 0.328 e. The van der Waals surface area contributed by atoms with Crippen LogP contribution in [-0.4, -0.2) is 67.9 Å². The SMILES string of the molecule is CCOC(=O)[C@H](Cc1ccc(N(CCCl)CCCl)cc1)NC(=O)CNC(=O)[C@@H](N)C(C)C.Cl.Cl. The van der Waals surface area contributed by atoms with Gasteiger partial charge in [0.15, 0.2) is 0 Å². The molecule has 0 aliphatic heterocycles. The highest BCUT2D eigenvalue weighted by atomic mass is 35.5. The summed E-state index contributed by atoms with van der Waals surface area (Å²) in [5, 5.41) is 5.13. The van der Waals surface area contributed by atoms with Crippen molar-refractivity contribution in [3.63, 3.8) is 0 Å². The second-order valence-corrected chi connectivity index (χ2v) is 8.35. The number of hydrogen-bond acceptors (Lipinski definition) is 6. The number of hydrogen-bond donors (Lipinski definition) is 3. The summed E-state index contributed by atoms with van der Waals surface area (Å²) >= 11 is 11.7. The predicted octanol–water partition coefficient (Wildman–Crippen LogP) is 2.50. The third kappa shape index (κ3) is 12.3. The first-order valence-corrected chi connectivity index (χ1v) is 11.7. The summed E-state index contributed by atoms with van der Waals surface area (Å²) in [7, 11) is 0. The first-order chi connectivity index (χ1) is 15.2. The van der Waals surface area contributed by atoms with Crippen molar-refractivity contribution in [1.29, 1.82) is 0 Å². The molecular weight excluding hydrogens is 526 g/mol. The zero-order valence-electron chi connectivity index (χ0n) is 19.7. The van der Waals surface area contributed by atoms with E-state index in [1.54, 1.807) is 6.92 Å². The van der Waals surface area contributed by atoms with Gasteiger partial charge in [-0.15, -0.1) is 48.0 Å². The average molecular weight is 562 g/mol. The van der Waals surface area contributed by atoms with Gasteiger partial charge in [-0.3, -0.25) is 9.59 Å². The molecule has 2 amide bonds. The van der Waals surface area contributed by atoms with Crippen molar-refractivity contribution in [2.75, 3.05) is 42.9 Å². The van der Waals surface area contributed by atoms with Gasteiger partial charge < -0.3 is 26.0 Å². The van der Waals surface area contributed by atoms with Gasteiger partial charge in [0.25, 0.3) is 0 Å². The number of amides is 2. The number of benzene rings is 1. The summed E-state index contributed by atoms with van der Waals surface area (Å²) in [5.41, 5.74) is 7.58. The van der Waals surface area contributed by atoms with Crippen molar-refractivity contribution in [3.8, 4) is 0 Å². The molecule has 0 saturated carbocycles. The lowest BCUT2D eigenvalue weighted by atomic mass is 10.0. The summed E-state index contributed by atoms with van der Waals surface area (Å²) in [6.07, 6.45) is 0.245. The van der Waals surface area contributed by atoms with E-state index in [0.717, 1.165) is 11.3 Å². The minimum absolute atomic E-state index is 0. The maximum atomic E-state index is 12.4. The van der Waals surface area contributed by atoms with E-state index in [0.29, 0.717) is 24.8 Å². The van der Waals surface area contributed by atoms with Crippen LogP contribution in [0.1, 0.15) is 26.3 Å². The number of halogens is 4. The molecule has 12 heteroatoms. The van der Waals surface area contributed by atoms with Crippen molar-refractivity contribution in [2.24, 2.45) is 11.7 Å². The molecule has 34 heavy (non-hydrogen) atoms. The molecule has 0 aromatic heterocycles. The second-order valence-electron chi connectivity index (χ2n) is 7.60. The van der Waals surface area contributed by atoms with Crippen LogP contribution in [0, 0.1) is 5.92 Å². The Balaban J connectivity index is 0. The first-order valence-electron chi connectivity index (χ1n) is 10.7.